The molecule has 0 fully saturated rings. The highest BCUT2D eigenvalue weighted by Crippen LogP contribution is 2.28. The molecule has 0 amide bonds. The highest BCUT2D eigenvalue weighted by Gasteiger charge is 2.13. The molecular weight excluding hydrogens is 256 g/mol. The van der Waals surface area contributed by atoms with Gasteiger partial charge in [-0.15, -0.1) is 0 Å². The van der Waals surface area contributed by atoms with Gasteiger partial charge < -0.3 is 13.9 Å². The summed E-state index contributed by atoms with van der Waals surface area (Å²) in [6, 6.07) is 9.01. The van der Waals surface area contributed by atoms with Crippen LogP contribution in [0.15, 0.2) is 34.7 Å². The van der Waals surface area contributed by atoms with Crippen molar-refractivity contribution in [2.24, 2.45) is 0 Å². The zero-order valence-electron chi connectivity index (χ0n) is 11.9. The molecule has 0 atom stereocenters. The Hall–Kier alpha value is -2.23. The van der Waals surface area contributed by atoms with Crippen molar-refractivity contribution < 1.29 is 18.7 Å². The second-order valence-corrected chi connectivity index (χ2v) is 4.41. The Morgan fingerprint density at radius 2 is 1.85 bits per heavy atom. The van der Waals surface area contributed by atoms with E-state index < -0.39 is 0 Å². The average molecular weight is 274 g/mol. The maximum Gasteiger partial charge on any atom is 0.202 e. The summed E-state index contributed by atoms with van der Waals surface area (Å²) in [5, 5.41) is 0. The van der Waals surface area contributed by atoms with Gasteiger partial charge in [0.1, 0.15) is 5.76 Å². The smallest absolute Gasteiger partial charge is 0.202 e. The molecule has 1 aromatic heterocycles. The van der Waals surface area contributed by atoms with Gasteiger partial charge in [-0.05, 0) is 29.8 Å². The van der Waals surface area contributed by atoms with Crippen LogP contribution in [0, 0.1) is 0 Å². The van der Waals surface area contributed by atoms with Crippen LogP contribution in [0.5, 0.6) is 11.5 Å². The SMILES string of the molecule is CCc1ccc(C(=O)Cc2ccc(OC)c(OC)c2)o1. The molecule has 0 aliphatic heterocycles. The van der Waals surface area contributed by atoms with Crippen molar-refractivity contribution in [1.82, 2.24) is 0 Å². The zero-order valence-corrected chi connectivity index (χ0v) is 11.9. The van der Waals surface area contributed by atoms with Gasteiger partial charge in [0.25, 0.3) is 0 Å². The normalized spacial score (nSPS) is 10.3. The van der Waals surface area contributed by atoms with E-state index in [2.05, 4.69) is 0 Å². The van der Waals surface area contributed by atoms with Gasteiger partial charge >= 0.3 is 0 Å². The summed E-state index contributed by atoms with van der Waals surface area (Å²) in [6.45, 7) is 1.99. The number of methoxy groups -OCH3 is 2. The van der Waals surface area contributed by atoms with Gasteiger partial charge in [0, 0.05) is 12.8 Å². The number of rotatable bonds is 6. The van der Waals surface area contributed by atoms with E-state index in [9.17, 15) is 4.79 Å². The monoisotopic (exact) mass is 274 g/mol. The number of ketones is 1. The van der Waals surface area contributed by atoms with E-state index in [0.29, 0.717) is 17.3 Å². The van der Waals surface area contributed by atoms with Crippen molar-refractivity contribution in [1.29, 1.82) is 0 Å². The minimum absolute atomic E-state index is 0.0445. The molecule has 4 heteroatoms. The predicted octanol–water partition coefficient (Wildman–Crippen LogP) is 3.28. The standard InChI is InChI=1S/C16H18O4/c1-4-12-6-8-14(20-12)13(17)9-11-5-7-15(18-2)16(10-11)19-3/h5-8,10H,4,9H2,1-3H3. The first-order valence-corrected chi connectivity index (χ1v) is 6.50. The minimum Gasteiger partial charge on any atom is -0.493 e. The first-order chi connectivity index (χ1) is 9.67. The van der Waals surface area contributed by atoms with Crippen LogP contribution in [0.25, 0.3) is 0 Å². The fraction of sp³-hybridized carbons (Fsp3) is 0.312. The molecule has 0 aliphatic rings. The first kappa shape index (κ1) is 14.2. The summed E-state index contributed by atoms with van der Waals surface area (Å²) >= 11 is 0. The van der Waals surface area contributed by atoms with Crippen LogP contribution >= 0.6 is 0 Å². The fourth-order valence-electron chi connectivity index (χ4n) is 1.98. The van der Waals surface area contributed by atoms with Crippen molar-refractivity contribution in [3.8, 4) is 11.5 Å². The van der Waals surface area contributed by atoms with Crippen LogP contribution in [0.2, 0.25) is 0 Å². The van der Waals surface area contributed by atoms with Crippen LogP contribution < -0.4 is 9.47 Å². The number of carbonyl (C=O) groups excluding carboxylic acids is 1. The number of hydrogen-bond acceptors (Lipinski definition) is 4. The lowest BCUT2D eigenvalue weighted by Gasteiger charge is -2.08. The topological polar surface area (TPSA) is 48.7 Å². The molecule has 106 valence electrons. The summed E-state index contributed by atoms with van der Waals surface area (Å²) in [5.41, 5.74) is 0.863. The fourth-order valence-corrected chi connectivity index (χ4v) is 1.98. The van der Waals surface area contributed by atoms with Gasteiger partial charge in [-0.3, -0.25) is 4.79 Å². The van der Waals surface area contributed by atoms with Crippen LogP contribution in [0.3, 0.4) is 0 Å². The summed E-state index contributed by atoms with van der Waals surface area (Å²) in [6.07, 6.45) is 1.06. The van der Waals surface area contributed by atoms with E-state index in [-0.39, 0.29) is 12.2 Å². The molecule has 0 radical (unpaired) electrons. The third kappa shape index (κ3) is 3.02. The quantitative estimate of drug-likeness (QED) is 0.758. The van der Waals surface area contributed by atoms with Crippen LogP contribution in [0.4, 0.5) is 0 Å². The average Bonchev–Trinajstić information content (AvgIpc) is 2.96. The molecular formula is C16H18O4. The molecule has 0 spiro atoms. The molecule has 2 rings (SSSR count). The van der Waals surface area contributed by atoms with E-state index in [1.54, 1.807) is 32.4 Å². The lowest BCUT2D eigenvalue weighted by Crippen LogP contribution is -2.02. The molecule has 0 bridgehead atoms. The van der Waals surface area contributed by atoms with Gasteiger partial charge in [-0.2, -0.15) is 0 Å². The number of benzene rings is 1. The number of furan rings is 1. The molecule has 2 aromatic rings. The molecule has 0 saturated heterocycles. The lowest BCUT2D eigenvalue weighted by molar-refractivity contribution is 0.0964. The van der Waals surface area contributed by atoms with Crippen LogP contribution in [-0.2, 0) is 12.8 Å². The third-order valence-electron chi connectivity index (χ3n) is 3.10. The molecule has 1 aromatic carbocycles. The highest BCUT2D eigenvalue weighted by atomic mass is 16.5. The number of aryl methyl sites for hydroxylation is 1. The summed E-state index contributed by atoms with van der Waals surface area (Å²) in [5.74, 6) is 2.44. The van der Waals surface area contributed by atoms with Gasteiger partial charge in [0.05, 0.1) is 14.2 Å². The number of carbonyl (C=O) groups is 1. The maximum atomic E-state index is 12.1. The summed E-state index contributed by atoms with van der Waals surface area (Å²) < 4.78 is 15.9. The van der Waals surface area contributed by atoms with E-state index in [1.807, 2.05) is 19.1 Å². The third-order valence-corrected chi connectivity index (χ3v) is 3.10. The Kier molecular flexibility index (Phi) is 4.45. The maximum absolute atomic E-state index is 12.1. The van der Waals surface area contributed by atoms with E-state index >= 15 is 0 Å². The number of ether oxygens (including phenoxy) is 2. The van der Waals surface area contributed by atoms with E-state index in [4.69, 9.17) is 13.9 Å². The van der Waals surface area contributed by atoms with Crippen molar-refractivity contribution in [3.05, 3.63) is 47.4 Å². The Morgan fingerprint density at radius 3 is 2.45 bits per heavy atom. The predicted molar refractivity (Wildman–Crippen MR) is 75.7 cm³/mol. The Bertz CT molecular complexity index is 598. The molecule has 0 saturated carbocycles. The molecule has 0 N–H and O–H groups in total. The lowest BCUT2D eigenvalue weighted by atomic mass is 10.1. The van der Waals surface area contributed by atoms with Crippen LogP contribution in [0.1, 0.15) is 28.8 Å². The zero-order chi connectivity index (χ0) is 14.5. The van der Waals surface area contributed by atoms with Crippen LogP contribution in [-0.4, -0.2) is 20.0 Å². The van der Waals surface area contributed by atoms with Gasteiger partial charge in [0.15, 0.2) is 17.3 Å². The molecule has 20 heavy (non-hydrogen) atoms. The first-order valence-electron chi connectivity index (χ1n) is 6.50. The summed E-state index contributed by atoms with van der Waals surface area (Å²) in [7, 11) is 3.15. The van der Waals surface area contributed by atoms with Gasteiger partial charge in [-0.25, -0.2) is 0 Å². The van der Waals surface area contributed by atoms with Gasteiger partial charge in [-0.1, -0.05) is 13.0 Å². The van der Waals surface area contributed by atoms with E-state index in [0.717, 1.165) is 17.7 Å². The molecule has 4 nitrogen and oxygen atoms in total. The second-order valence-electron chi connectivity index (χ2n) is 4.41. The molecule has 0 unspecified atom stereocenters. The summed E-state index contributed by atoms with van der Waals surface area (Å²) in [4.78, 5) is 12.1. The van der Waals surface area contributed by atoms with Crippen molar-refractivity contribution in [3.63, 3.8) is 0 Å². The van der Waals surface area contributed by atoms with E-state index in [1.165, 1.54) is 0 Å². The largest absolute Gasteiger partial charge is 0.493 e. The molecule has 1 heterocycles. The number of hydrogen-bond donors (Lipinski definition) is 0. The minimum atomic E-state index is -0.0445. The van der Waals surface area contributed by atoms with Gasteiger partial charge in [0.2, 0.25) is 5.78 Å². The highest BCUT2D eigenvalue weighted by molar-refractivity contribution is 5.95. The van der Waals surface area contributed by atoms with Crippen molar-refractivity contribution >= 4 is 5.78 Å². The Balaban J connectivity index is 2.15. The van der Waals surface area contributed by atoms with Crippen molar-refractivity contribution in [2.75, 3.05) is 14.2 Å². The Morgan fingerprint density at radius 1 is 1.10 bits per heavy atom. The number of Topliss-reactive ketones (excluding diaryl/α,β-unsaturated/α-hetero) is 1. The van der Waals surface area contributed by atoms with Crippen molar-refractivity contribution in [2.45, 2.75) is 19.8 Å². The Labute approximate surface area is 118 Å². The molecule has 0 aliphatic carbocycles. The second kappa shape index (κ2) is 6.28.